The number of thiophene rings is 1. The summed E-state index contributed by atoms with van der Waals surface area (Å²) in [4.78, 5) is 2.41. The van der Waals surface area contributed by atoms with Crippen molar-refractivity contribution >= 4 is 70.1 Å². The van der Waals surface area contributed by atoms with E-state index in [0.29, 0.717) is 0 Å². The van der Waals surface area contributed by atoms with Gasteiger partial charge in [-0.15, -0.1) is 11.3 Å². The van der Waals surface area contributed by atoms with E-state index in [4.69, 9.17) is 0 Å². The Morgan fingerprint density at radius 1 is 0.276 bits per heavy atom. The number of fused-ring (bicyclic) bond motifs is 5. The monoisotopic (exact) mass is 755 g/mol. The van der Waals surface area contributed by atoms with Gasteiger partial charge in [0.1, 0.15) is 0 Å². The maximum Gasteiger partial charge on any atom is 0.0540 e. The lowest BCUT2D eigenvalue weighted by Crippen LogP contribution is -2.11. The third-order valence-electron chi connectivity index (χ3n) is 11.5. The third-order valence-corrected chi connectivity index (χ3v) is 12.6. The molecule has 0 aliphatic rings. The zero-order valence-electron chi connectivity index (χ0n) is 31.7. The minimum Gasteiger partial charge on any atom is -0.310 e. The Morgan fingerprint density at radius 2 is 0.759 bits per heavy atom. The molecule has 11 rings (SSSR count). The molecule has 0 N–H and O–H groups in total. The van der Waals surface area contributed by atoms with E-state index in [-0.39, 0.29) is 0 Å². The van der Waals surface area contributed by atoms with Gasteiger partial charge >= 0.3 is 0 Å². The van der Waals surface area contributed by atoms with E-state index >= 15 is 0 Å². The average Bonchev–Trinajstić information content (AvgIpc) is 3.67. The first-order valence-corrected chi connectivity index (χ1v) is 20.6. The molecule has 0 aliphatic heterocycles. The Labute approximate surface area is 342 Å². The predicted octanol–water partition coefficient (Wildman–Crippen LogP) is 16.5. The van der Waals surface area contributed by atoms with Gasteiger partial charge in [0.15, 0.2) is 0 Å². The molecule has 2 heteroatoms. The molecular formula is C56H37NS. The van der Waals surface area contributed by atoms with Crippen LogP contribution in [0.5, 0.6) is 0 Å². The second kappa shape index (κ2) is 14.4. The summed E-state index contributed by atoms with van der Waals surface area (Å²) in [6.07, 6.45) is 0. The van der Waals surface area contributed by atoms with E-state index in [1.54, 1.807) is 0 Å². The minimum absolute atomic E-state index is 1.10. The summed E-state index contributed by atoms with van der Waals surface area (Å²) in [7, 11) is 0. The van der Waals surface area contributed by atoms with Gasteiger partial charge in [-0.2, -0.15) is 0 Å². The predicted molar refractivity (Wildman–Crippen MR) is 251 cm³/mol. The largest absolute Gasteiger partial charge is 0.310 e. The summed E-state index contributed by atoms with van der Waals surface area (Å²) in [5, 5.41) is 7.64. The Hall–Kier alpha value is -7.26. The molecule has 0 atom stereocenters. The third kappa shape index (κ3) is 6.03. The topological polar surface area (TPSA) is 3.24 Å². The highest BCUT2D eigenvalue weighted by Crippen LogP contribution is 2.44. The van der Waals surface area contributed by atoms with Crippen LogP contribution in [0, 0.1) is 0 Å². The second-order valence-electron chi connectivity index (χ2n) is 14.9. The molecule has 0 fully saturated rings. The van der Waals surface area contributed by atoms with Crippen molar-refractivity contribution in [3.8, 4) is 44.5 Å². The van der Waals surface area contributed by atoms with E-state index in [2.05, 4.69) is 229 Å². The molecule has 272 valence electrons. The van der Waals surface area contributed by atoms with Crippen molar-refractivity contribution < 1.29 is 0 Å². The van der Waals surface area contributed by atoms with E-state index in [1.165, 1.54) is 86.2 Å². The van der Waals surface area contributed by atoms with E-state index in [1.807, 2.05) is 11.3 Å². The van der Waals surface area contributed by atoms with Gasteiger partial charge in [0.2, 0.25) is 0 Å². The molecule has 1 aromatic heterocycles. The van der Waals surface area contributed by atoms with Crippen LogP contribution in [-0.2, 0) is 0 Å². The summed E-state index contributed by atoms with van der Waals surface area (Å²) < 4.78 is 2.64. The standard InChI is InChI=1S/C56H37NS/c1-3-18-47-40(12-1)14-10-22-49(47)44-17-9-16-42(36-44)38-26-31-45(32-27-38)57(54-24-7-5-20-51(54)50-23-11-15-41-13-2-4-19-48(41)50)46-33-28-39(29-34-46)43-30-35-53-52-21-6-8-25-55(52)58-56(53)37-43/h1-37H. The van der Waals surface area contributed by atoms with Crippen molar-refractivity contribution in [2.75, 3.05) is 4.90 Å². The molecule has 0 bridgehead atoms. The number of nitrogens with zero attached hydrogens (tertiary/aromatic N) is 1. The van der Waals surface area contributed by atoms with Crippen LogP contribution in [-0.4, -0.2) is 0 Å². The lowest BCUT2D eigenvalue weighted by molar-refractivity contribution is 1.28. The number of para-hydroxylation sites is 1. The quantitative estimate of drug-likeness (QED) is 0.157. The van der Waals surface area contributed by atoms with Crippen LogP contribution in [0.15, 0.2) is 224 Å². The molecule has 11 aromatic rings. The lowest BCUT2D eigenvalue weighted by Gasteiger charge is -2.28. The fourth-order valence-electron chi connectivity index (χ4n) is 8.64. The fraction of sp³-hybridized carbons (Fsp3) is 0. The summed E-state index contributed by atoms with van der Waals surface area (Å²) in [6.45, 7) is 0. The molecule has 0 radical (unpaired) electrons. The van der Waals surface area contributed by atoms with E-state index < -0.39 is 0 Å². The normalized spacial score (nSPS) is 11.4. The fourth-order valence-corrected chi connectivity index (χ4v) is 9.78. The van der Waals surface area contributed by atoms with Crippen molar-refractivity contribution in [3.05, 3.63) is 224 Å². The molecule has 0 amide bonds. The zero-order chi connectivity index (χ0) is 38.4. The van der Waals surface area contributed by atoms with Gasteiger partial charge in [-0.25, -0.2) is 0 Å². The lowest BCUT2D eigenvalue weighted by atomic mass is 9.95. The van der Waals surface area contributed by atoms with Crippen LogP contribution in [0.4, 0.5) is 17.1 Å². The van der Waals surface area contributed by atoms with Crippen molar-refractivity contribution in [1.29, 1.82) is 0 Å². The first-order valence-electron chi connectivity index (χ1n) is 19.8. The Bertz CT molecular complexity index is 3270. The molecule has 0 spiro atoms. The smallest absolute Gasteiger partial charge is 0.0540 e. The highest BCUT2D eigenvalue weighted by molar-refractivity contribution is 7.25. The molecule has 1 heterocycles. The summed E-state index contributed by atoms with van der Waals surface area (Å²) in [5.41, 5.74) is 13.0. The van der Waals surface area contributed by atoms with Crippen molar-refractivity contribution in [3.63, 3.8) is 0 Å². The van der Waals surface area contributed by atoms with Crippen molar-refractivity contribution in [2.45, 2.75) is 0 Å². The van der Waals surface area contributed by atoms with Crippen molar-refractivity contribution in [1.82, 2.24) is 0 Å². The highest BCUT2D eigenvalue weighted by Gasteiger charge is 2.19. The van der Waals surface area contributed by atoms with E-state index in [9.17, 15) is 0 Å². The average molecular weight is 756 g/mol. The molecule has 0 aliphatic carbocycles. The first-order chi connectivity index (χ1) is 28.7. The number of hydrogen-bond acceptors (Lipinski definition) is 2. The van der Waals surface area contributed by atoms with Gasteiger partial charge in [-0.05, 0) is 109 Å². The number of rotatable bonds is 7. The molecule has 0 saturated heterocycles. The van der Waals surface area contributed by atoms with Gasteiger partial charge in [-0.1, -0.05) is 176 Å². The molecule has 58 heavy (non-hydrogen) atoms. The molecule has 1 nitrogen and oxygen atoms in total. The van der Waals surface area contributed by atoms with Crippen LogP contribution in [0.25, 0.3) is 86.2 Å². The highest BCUT2D eigenvalue weighted by atomic mass is 32.1. The Morgan fingerprint density at radius 3 is 1.48 bits per heavy atom. The molecule has 0 unspecified atom stereocenters. The van der Waals surface area contributed by atoms with Crippen LogP contribution in [0.3, 0.4) is 0 Å². The van der Waals surface area contributed by atoms with E-state index in [0.717, 1.165) is 17.1 Å². The minimum atomic E-state index is 1.10. The van der Waals surface area contributed by atoms with Crippen LogP contribution < -0.4 is 4.90 Å². The van der Waals surface area contributed by atoms with Crippen LogP contribution >= 0.6 is 11.3 Å². The van der Waals surface area contributed by atoms with Gasteiger partial charge in [0.05, 0.1) is 5.69 Å². The van der Waals surface area contributed by atoms with Gasteiger partial charge < -0.3 is 4.90 Å². The number of benzene rings is 10. The molecule has 10 aromatic carbocycles. The zero-order valence-corrected chi connectivity index (χ0v) is 32.5. The van der Waals surface area contributed by atoms with Gasteiger partial charge in [0, 0.05) is 37.1 Å². The second-order valence-corrected chi connectivity index (χ2v) is 16.0. The summed E-state index contributed by atoms with van der Waals surface area (Å²) >= 11 is 1.86. The van der Waals surface area contributed by atoms with Gasteiger partial charge in [0.25, 0.3) is 0 Å². The SMILES string of the molecule is c1cc(-c2ccc(N(c3ccc(-c4ccc5c(c4)sc4ccccc45)cc3)c3ccccc3-c3cccc4ccccc34)cc2)cc(-c2cccc3ccccc23)c1. The maximum absolute atomic E-state index is 2.41. The molecule has 0 saturated carbocycles. The summed E-state index contributed by atoms with van der Waals surface area (Å²) in [6, 6.07) is 81.9. The van der Waals surface area contributed by atoms with Crippen molar-refractivity contribution in [2.24, 2.45) is 0 Å². The van der Waals surface area contributed by atoms with Gasteiger partial charge in [-0.3, -0.25) is 0 Å². The molecular weight excluding hydrogens is 719 g/mol. The number of anilines is 3. The number of hydrogen-bond donors (Lipinski definition) is 0. The Balaban J connectivity index is 1.01. The maximum atomic E-state index is 2.41. The summed E-state index contributed by atoms with van der Waals surface area (Å²) in [5.74, 6) is 0. The Kier molecular flexibility index (Phi) is 8.42. The first kappa shape index (κ1) is 34.0. The van der Waals surface area contributed by atoms with Crippen LogP contribution in [0.1, 0.15) is 0 Å². The van der Waals surface area contributed by atoms with Crippen LogP contribution in [0.2, 0.25) is 0 Å².